The van der Waals surface area contributed by atoms with Gasteiger partial charge in [0.15, 0.2) is 5.13 Å². The molecule has 0 radical (unpaired) electrons. The SMILES string of the molecule is CC(Sc1ccc(NC(=O)c2ccc(C(=O)O)cc2C(=O)O)cc1)C(=O)Nc1nc(-c2ccc(F)cc2)cs1. The molecule has 0 saturated carbocycles. The molecule has 4 N–H and O–H groups in total. The highest BCUT2D eigenvalue weighted by Gasteiger charge is 2.20. The molecule has 1 heterocycles. The van der Waals surface area contributed by atoms with Crippen LogP contribution in [0.2, 0.25) is 0 Å². The Morgan fingerprint density at radius 2 is 1.59 bits per heavy atom. The van der Waals surface area contributed by atoms with Crippen LogP contribution in [0.3, 0.4) is 0 Å². The summed E-state index contributed by atoms with van der Waals surface area (Å²) in [6.45, 7) is 1.73. The third-order valence-electron chi connectivity index (χ3n) is 5.41. The highest BCUT2D eigenvalue weighted by atomic mass is 32.2. The van der Waals surface area contributed by atoms with Gasteiger partial charge < -0.3 is 20.8 Å². The van der Waals surface area contributed by atoms with E-state index >= 15 is 0 Å². The molecule has 3 aromatic carbocycles. The van der Waals surface area contributed by atoms with E-state index in [0.29, 0.717) is 16.5 Å². The van der Waals surface area contributed by atoms with Gasteiger partial charge in [-0.3, -0.25) is 9.59 Å². The van der Waals surface area contributed by atoms with Gasteiger partial charge in [-0.1, -0.05) is 0 Å². The predicted molar refractivity (Wildman–Crippen MR) is 146 cm³/mol. The van der Waals surface area contributed by atoms with E-state index in [1.807, 2.05) is 0 Å². The Morgan fingerprint density at radius 1 is 0.897 bits per heavy atom. The lowest BCUT2D eigenvalue weighted by Crippen LogP contribution is -2.22. The Labute approximate surface area is 229 Å². The fraction of sp³-hybridized carbons (Fsp3) is 0.0741. The molecule has 12 heteroatoms. The second-order valence-corrected chi connectivity index (χ2v) is 10.4. The topological polar surface area (TPSA) is 146 Å². The number of amides is 2. The van der Waals surface area contributed by atoms with Crippen LogP contribution in [0, 0.1) is 5.82 Å². The van der Waals surface area contributed by atoms with Gasteiger partial charge in [-0.2, -0.15) is 0 Å². The minimum absolute atomic E-state index is 0.180. The Morgan fingerprint density at radius 3 is 2.23 bits per heavy atom. The summed E-state index contributed by atoms with van der Waals surface area (Å²) in [7, 11) is 0. The van der Waals surface area contributed by atoms with Crippen LogP contribution in [0.15, 0.2) is 77.0 Å². The molecule has 198 valence electrons. The van der Waals surface area contributed by atoms with Crippen molar-refractivity contribution >= 4 is 57.7 Å². The molecule has 1 unspecified atom stereocenters. The maximum atomic E-state index is 13.1. The van der Waals surface area contributed by atoms with Crippen LogP contribution in [0.5, 0.6) is 0 Å². The number of nitrogens with one attached hydrogen (secondary N) is 2. The molecule has 0 fully saturated rings. The zero-order valence-electron chi connectivity index (χ0n) is 20.2. The third kappa shape index (κ3) is 6.86. The van der Waals surface area contributed by atoms with Gasteiger partial charge in [0.1, 0.15) is 5.82 Å². The van der Waals surface area contributed by atoms with E-state index in [-0.39, 0.29) is 22.9 Å². The van der Waals surface area contributed by atoms with Crippen molar-refractivity contribution in [3.05, 3.63) is 94.6 Å². The van der Waals surface area contributed by atoms with E-state index in [0.717, 1.165) is 28.7 Å². The maximum Gasteiger partial charge on any atom is 0.336 e. The van der Waals surface area contributed by atoms with Crippen molar-refractivity contribution in [2.45, 2.75) is 17.1 Å². The number of rotatable bonds is 9. The monoisotopic (exact) mass is 565 g/mol. The van der Waals surface area contributed by atoms with Gasteiger partial charge in [0.2, 0.25) is 5.91 Å². The average molecular weight is 566 g/mol. The Kier molecular flexibility index (Phi) is 8.37. The summed E-state index contributed by atoms with van der Waals surface area (Å²) >= 11 is 2.55. The smallest absolute Gasteiger partial charge is 0.336 e. The van der Waals surface area contributed by atoms with Crippen LogP contribution in [-0.4, -0.2) is 44.2 Å². The first-order valence-electron chi connectivity index (χ1n) is 11.3. The van der Waals surface area contributed by atoms with Gasteiger partial charge in [0.25, 0.3) is 5.91 Å². The number of carbonyl (C=O) groups excluding carboxylic acids is 2. The number of carboxylic acid groups (broad SMARTS) is 2. The van der Waals surface area contributed by atoms with Crippen molar-refractivity contribution in [3.8, 4) is 11.3 Å². The number of thiazole rings is 1. The van der Waals surface area contributed by atoms with Crippen LogP contribution >= 0.6 is 23.1 Å². The lowest BCUT2D eigenvalue weighted by molar-refractivity contribution is -0.115. The molecule has 0 aliphatic heterocycles. The van der Waals surface area contributed by atoms with Crippen molar-refractivity contribution in [1.82, 2.24) is 4.98 Å². The number of nitrogens with zero attached hydrogens (tertiary/aromatic N) is 1. The first-order valence-corrected chi connectivity index (χ1v) is 13.1. The van der Waals surface area contributed by atoms with Gasteiger partial charge in [-0.05, 0) is 73.7 Å². The minimum Gasteiger partial charge on any atom is -0.478 e. The number of aromatic carboxylic acids is 2. The standard InChI is InChI=1S/C27H20FN3O6S2/c1-14(23(32)31-27-30-22(13-38-27)15-2-5-17(28)6-3-15)39-19-9-7-18(8-10-19)29-24(33)20-11-4-16(25(34)35)12-21(20)26(36)37/h2-14H,1H3,(H,29,33)(H,34,35)(H,36,37)(H,30,31,32). The van der Waals surface area contributed by atoms with Crippen molar-refractivity contribution in [1.29, 1.82) is 0 Å². The number of aromatic nitrogens is 1. The van der Waals surface area contributed by atoms with Gasteiger partial charge in [0.05, 0.1) is 27.6 Å². The number of halogens is 1. The van der Waals surface area contributed by atoms with Gasteiger partial charge in [-0.15, -0.1) is 23.1 Å². The summed E-state index contributed by atoms with van der Waals surface area (Å²) in [5.41, 5.74) is 0.897. The number of carbonyl (C=O) groups is 4. The zero-order chi connectivity index (χ0) is 28.1. The minimum atomic E-state index is -1.42. The summed E-state index contributed by atoms with van der Waals surface area (Å²) in [5.74, 6) is -4.04. The lowest BCUT2D eigenvalue weighted by Gasteiger charge is -2.12. The largest absolute Gasteiger partial charge is 0.478 e. The Bertz CT molecular complexity index is 1550. The molecule has 0 aliphatic rings. The highest BCUT2D eigenvalue weighted by Crippen LogP contribution is 2.28. The van der Waals surface area contributed by atoms with Crippen LogP contribution < -0.4 is 10.6 Å². The number of benzene rings is 3. The fourth-order valence-electron chi connectivity index (χ4n) is 3.42. The van der Waals surface area contributed by atoms with Gasteiger partial charge in [-0.25, -0.2) is 19.0 Å². The number of thioether (sulfide) groups is 1. The molecule has 1 aromatic heterocycles. The van der Waals surface area contributed by atoms with Crippen molar-refractivity contribution in [3.63, 3.8) is 0 Å². The number of hydrogen-bond donors (Lipinski definition) is 4. The summed E-state index contributed by atoms with van der Waals surface area (Å²) in [4.78, 5) is 53.1. The lowest BCUT2D eigenvalue weighted by atomic mass is 10.0. The second kappa shape index (κ2) is 11.9. The molecule has 2 amide bonds. The molecule has 0 spiro atoms. The molecule has 0 bridgehead atoms. The molecule has 0 aliphatic carbocycles. The van der Waals surface area contributed by atoms with Crippen LogP contribution in [0.25, 0.3) is 11.3 Å². The van der Waals surface area contributed by atoms with E-state index < -0.39 is 28.7 Å². The molecule has 0 saturated heterocycles. The summed E-state index contributed by atoms with van der Waals surface area (Å²) in [5, 5.41) is 25.5. The van der Waals surface area contributed by atoms with Crippen LogP contribution in [0.1, 0.15) is 38.0 Å². The van der Waals surface area contributed by atoms with E-state index in [1.165, 1.54) is 35.2 Å². The maximum absolute atomic E-state index is 13.1. The molecular weight excluding hydrogens is 545 g/mol. The van der Waals surface area contributed by atoms with Crippen molar-refractivity contribution < 1.29 is 33.8 Å². The second-order valence-electron chi connectivity index (χ2n) is 8.14. The molecule has 4 rings (SSSR count). The predicted octanol–water partition coefficient (Wildman–Crippen LogP) is 5.72. The number of anilines is 2. The van der Waals surface area contributed by atoms with E-state index in [2.05, 4.69) is 15.6 Å². The van der Waals surface area contributed by atoms with E-state index in [1.54, 1.807) is 48.7 Å². The van der Waals surface area contributed by atoms with Gasteiger partial charge in [0, 0.05) is 21.5 Å². The van der Waals surface area contributed by atoms with E-state index in [9.17, 15) is 28.7 Å². The molecule has 4 aromatic rings. The average Bonchev–Trinajstić information content (AvgIpc) is 3.38. The fourth-order valence-corrected chi connectivity index (χ4v) is 5.01. The summed E-state index contributed by atoms with van der Waals surface area (Å²) in [6.07, 6.45) is 0. The van der Waals surface area contributed by atoms with Crippen LogP contribution in [0.4, 0.5) is 15.2 Å². The first kappa shape index (κ1) is 27.5. The third-order valence-corrected chi connectivity index (χ3v) is 7.28. The summed E-state index contributed by atoms with van der Waals surface area (Å²) in [6, 6.07) is 15.8. The molecule has 9 nitrogen and oxygen atoms in total. The zero-order valence-corrected chi connectivity index (χ0v) is 21.8. The van der Waals surface area contributed by atoms with Crippen molar-refractivity contribution in [2.75, 3.05) is 10.6 Å². The van der Waals surface area contributed by atoms with Crippen LogP contribution in [-0.2, 0) is 4.79 Å². The quantitative estimate of drug-likeness (QED) is 0.189. The van der Waals surface area contributed by atoms with E-state index in [4.69, 9.17) is 5.11 Å². The molecular formula is C27H20FN3O6S2. The summed E-state index contributed by atoms with van der Waals surface area (Å²) < 4.78 is 13.1. The molecule has 39 heavy (non-hydrogen) atoms. The van der Waals surface area contributed by atoms with Gasteiger partial charge >= 0.3 is 11.9 Å². The Hall–Kier alpha value is -4.55. The Balaban J connectivity index is 1.35. The number of hydrogen-bond acceptors (Lipinski definition) is 7. The highest BCUT2D eigenvalue weighted by molar-refractivity contribution is 8.00. The molecule has 1 atom stereocenters. The van der Waals surface area contributed by atoms with Crippen molar-refractivity contribution in [2.24, 2.45) is 0 Å². The number of carboxylic acids is 2. The first-order chi connectivity index (χ1) is 18.6. The normalized spacial score (nSPS) is 11.4.